The number of amides is 1. The highest BCUT2D eigenvalue weighted by molar-refractivity contribution is 6.32. The third-order valence-electron chi connectivity index (χ3n) is 2.96. The number of halogens is 3. The van der Waals surface area contributed by atoms with Gasteiger partial charge in [0.05, 0.1) is 10.7 Å². The Morgan fingerprint density at radius 2 is 2.00 bits per heavy atom. The van der Waals surface area contributed by atoms with E-state index in [2.05, 4.69) is 5.32 Å². The SMILES string of the molecule is CC[C@@H](Oc1ccccc1Cl)C(=O)Nc1ccc(F)cc1F. The first-order valence-corrected chi connectivity index (χ1v) is 7.06. The van der Waals surface area contributed by atoms with Crippen molar-refractivity contribution in [2.45, 2.75) is 19.4 Å². The lowest BCUT2D eigenvalue weighted by Crippen LogP contribution is -2.32. The van der Waals surface area contributed by atoms with Gasteiger partial charge in [-0.3, -0.25) is 4.79 Å². The van der Waals surface area contributed by atoms with Gasteiger partial charge in [0.25, 0.3) is 5.91 Å². The minimum absolute atomic E-state index is 0.104. The molecule has 0 fully saturated rings. The van der Waals surface area contributed by atoms with Crippen LogP contribution in [-0.2, 0) is 4.79 Å². The summed E-state index contributed by atoms with van der Waals surface area (Å²) in [6.07, 6.45) is -0.482. The molecule has 2 rings (SSSR count). The van der Waals surface area contributed by atoms with Gasteiger partial charge in [-0.25, -0.2) is 8.78 Å². The fourth-order valence-electron chi connectivity index (χ4n) is 1.82. The van der Waals surface area contributed by atoms with Gasteiger partial charge >= 0.3 is 0 Å². The van der Waals surface area contributed by atoms with Crippen LogP contribution in [0.15, 0.2) is 42.5 Å². The highest BCUT2D eigenvalue weighted by atomic mass is 35.5. The molecule has 116 valence electrons. The molecule has 0 heterocycles. The molecule has 0 unspecified atom stereocenters. The number of carbonyl (C=O) groups excluding carboxylic acids is 1. The molecule has 0 aliphatic rings. The van der Waals surface area contributed by atoms with Crippen molar-refractivity contribution in [1.29, 1.82) is 0 Å². The quantitative estimate of drug-likeness (QED) is 0.884. The summed E-state index contributed by atoms with van der Waals surface area (Å²) in [6, 6.07) is 9.67. The Morgan fingerprint density at radius 3 is 2.64 bits per heavy atom. The second-order valence-corrected chi connectivity index (χ2v) is 4.97. The first-order chi connectivity index (χ1) is 10.5. The van der Waals surface area contributed by atoms with Crippen molar-refractivity contribution in [2.24, 2.45) is 0 Å². The predicted octanol–water partition coefficient (Wildman–Crippen LogP) is 4.41. The van der Waals surface area contributed by atoms with Crippen LogP contribution < -0.4 is 10.1 Å². The molecule has 0 bridgehead atoms. The van der Waals surface area contributed by atoms with Crippen LogP contribution in [0, 0.1) is 11.6 Å². The molecule has 1 atom stereocenters. The number of nitrogens with one attached hydrogen (secondary N) is 1. The number of hydrogen-bond acceptors (Lipinski definition) is 2. The molecule has 6 heteroatoms. The standard InChI is InChI=1S/C16H14ClF2NO2/c1-2-14(22-15-6-4-3-5-11(15)17)16(21)20-13-8-7-10(18)9-12(13)19/h3-9,14H,2H2,1H3,(H,20,21)/t14-/m1/s1. The molecule has 3 nitrogen and oxygen atoms in total. The highest BCUT2D eigenvalue weighted by Gasteiger charge is 2.20. The minimum Gasteiger partial charge on any atom is -0.479 e. The molecule has 0 spiro atoms. The number of benzene rings is 2. The van der Waals surface area contributed by atoms with E-state index in [1.807, 2.05) is 0 Å². The Balaban J connectivity index is 2.10. The third-order valence-corrected chi connectivity index (χ3v) is 3.27. The van der Waals surface area contributed by atoms with Gasteiger partial charge in [-0.05, 0) is 30.7 Å². The Labute approximate surface area is 131 Å². The number of anilines is 1. The predicted molar refractivity (Wildman–Crippen MR) is 81.1 cm³/mol. The van der Waals surface area contributed by atoms with E-state index in [-0.39, 0.29) is 5.69 Å². The summed E-state index contributed by atoms with van der Waals surface area (Å²) in [6.45, 7) is 1.75. The van der Waals surface area contributed by atoms with Crippen LogP contribution in [0.5, 0.6) is 5.75 Å². The van der Waals surface area contributed by atoms with Crippen molar-refractivity contribution in [2.75, 3.05) is 5.32 Å². The Bertz CT molecular complexity index is 679. The summed E-state index contributed by atoms with van der Waals surface area (Å²) in [5.74, 6) is -1.73. The van der Waals surface area contributed by atoms with Crippen molar-refractivity contribution in [3.8, 4) is 5.75 Å². The van der Waals surface area contributed by atoms with Crippen LogP contribution in [0.1, 0.15) is 13.3 Å². The fraction of sp³-hybridized carbons (Fsp3) is 0.188. The molecular weight excluding hydrogens is 312 g/mol. The van der Waals surface area contributed by atoms with E-state index in [1.165, 1.54) is 0 Å². The summed E-state index contributed by atoms with van der Waals surface area (Å²) >= 11 is 5.97. The molecule has 2 aromatic carbocycles. The molecule has 0 radical (unpaired) electrons. The van der Waals surface area contributed by atoms with Gasteiger partial charge in [0.2, 0.25) is 0 Å². The van der Waals surface area contributed by atoms with Crippen LogP contribution >= 0.6 is 11.6 Å². The normalized spacial score (nSPS) is 11.8. The van der Waals surface area contributed by atoms with E-state index >= 15 is 0 Å². The summed E-state index contributed by atoms with van der Waals surface area (Å²) in [4.78, 5) is 12.2. The van der Waals surface area contributed by atoms with Crippen LogP contribution in [-0.4, -0.2) is 12.0 Å². The fourth-order valence-corrected chi connectivity index (χ4v) is 2.00. The third kappa shape index (κ3) is 3.95. The van der Waals surface area contributed by atoms with Gasteiger partial charge in [0.15, 0.2) is 6.10 Å². The van der Waals surface area contributed by atoms with Crippen LogP contribution in [0.25, 0.3) is 0 Å². The summed E-state index contributed by atoms with van der Waals surface area (Å²) < 4.78 is 32.0. The number of carbonyl (C=O) groups is 1. The second-order valence-electron chi connectivity index (χ2n) is 4.56. The highest BCUT2D eigenvalue weighted by Crippen LogP contribution is 2.25. The van der Waals surface area contributed by atoms with Crippen LogP contribution in [0.3, 0.4) is 0 Å². The zero-order valence-electron chi connectivity index (χ0n) is 11.8. The number of hydrogen-bond donors (Lipinski definition) is 1. The van der Waals surface area contributed by atoms with Gasteiger partial charge < -0.3 is 10.1 Å². The lowest BCUT2D eigenvalue weighted by atomic mass is 10.2. The maximum absolute atomic E-state index is 13.6. The summed E-state index contributed by atoms with van der Waals surface area (Å²) in [5, 5.41) is 2.76. The largest absolute Gasteiger partial charge is 0.479 e. The van der Waals surface area contributed by atoms with Crippen molar-refractivity contribution in [3.63, 3.8) is 0 Å². The van der Waals surface area contributed by atoms with E-state index < -0.39 is 23.6 Å². The van der Waals surface area contributed by atoms with Crippen molar-refractivity contribution in [1.82, 2.24) is 0 Å². The molecule has 0 aromatic heterocycles. The van der Waals surface area contributed by atoms with E-state index in [1.54, 1.807) is 31.2 Å². The molecule has 0 saturated heterocycles. The number of ether oxygens (including phenoxy) is 1. The average Bonchev–Trinajstić information content (AvgIpc) is 2.49. The van der Waals surface area contributed by atoms with Gasteiger partial charge in [-0.2, -0.15) is 0 Å². The van der Waals surface area contributed by atoms with Gasteiger partial charge in [0.1, 0.15) is 17.4 Å². The number of para-hydroxylation sites is 1. The average molecular weight is 326 g/mol. The van der Waals surface area contributed by atoms with Gasteiger partial charge in [-0.15, -0.1) is 0 Å². The van der Waals surface area contributed by atoms with Crippen molar-refractivity contribution in [3.05, 3.63) is 59.1 Å². The number of rotatable bonds is 5. The van der Waals surface area contributed by atoms with Crippen LogP contribution in [0.2, 0.25) is 5.02 Å². The van der Waals surface area contributed by atoms with Gasteiger partial charge in [0, 0.05) is 6.07 Å². The van der Waals surface area contributed by atoms with E-state index in [4.69, 9.17) is 16.3 Å². The minimum atomic E-state index is -0.846. The first kappa shape index (κ1) is 16.2. The zero-order chi connectivity index (χ0) is 16.1. The maximum atomic E-state index is 13.6. The Hall–Kier alpha value is -2.14. The molecule has 0 saturated carbocycles. The topological polar surface area (TPSA) is 38.3 Å². The van der Waals surface area contributed by atoms with Crippen molar-refractivity contribution >= 4 is 23.2 Å². The smallest absolute Gasteiger partial charge is 0.265 e. The lowest BCUT2D eigenvalue weighted by Gasteiger charge is -2.18. The van der Waals surface area contributed by atoms with Crippen molar-refractivity contribution < 1.29 is 18.3 Å². The van der Waals surface area contributed by atoms with E-state index in [0.717, 1.165) is 12.1 Å². The first-order valence-electron chi connectivity index (χ1n) is 6.68. The zero-order valence-corrected chi connectivity index (χ0v) is 12.5. The lowest BCUT2D eigenvalue weighted by molar-refractivity contribution is -0.122. The van der Waals surface area contributed by atoms with E-state index in [9.17, 15) is 13.6 Å². The molecule has 1 N–H and O–H groups in total. The molecule has 0 aliphatic carbocycles. The monoisotopic (exact) mass is 325 g/mol. The second kappa shape index (κ2) is 7.22. The Kier molecular flexibility index (Phi) is 5.33. The maximum Gasteiger partial charge on any atom is 0.265 e. The molecular formula is C16H14ClF2NO2. The molecule has 22 heavy (non-hydrogen) atoms. The van der Waals surface area contributed by atoms with Gasteiger partial charge in [-0.1, -0.05) is 30.7 Å². The van der Waals surface area contributed by atoms with Crippen LogP contribution in [0.4, 0.5) is 14.5 Å². The Morgan fingerprint density at radius 1 is 1.27 bits per heavy atom. The molecule has 1 amide bonds. The molecule has 0 aliphatic heterocycles. The summed E-state index contributed by atoms with van der Waals surface area (Å²) in [5.41, 5.74) is -0.104. The molecule has 2 aromatic rings. The van der Waals surface area contributed by atoms with E-state index in [0.29, 0.717) is 23.3 Å². The summed E-state index contributed by atoms with van der Waals surface area (Å²) in [7, 11) is 0.